The van der Waals surface area contributed by atoms with Gasteiger partial charge in [0.2, 0.25) is 5.95 Å². The van der Waals surface area contributed by atoms with E-state index in [0.29, 0.717) is 12.5 Å². The largest absolute Gasteiger partial charge is 0.369 e. The summed E-state index contributed by atoms with van der Waals surface area (Å²) in [6.45, 7) is 4.77. The van der Waals surface area contributed by atoms with Crippen molar-refractivity contribution in [1.29, 1.82) is 0 Å². The number of hydrogen-bond donors (Lipinski definition) is 1. The van der Waals surface area contributed by atoms with E-state index in [1.807, 2.05) is 35.5 Å². The Labute approximate surface area is 117 Å². The molecule has 2 N–H and O–H groups in total. The van der Waals surface area contributed by atoms with Crippen LogP contribution in [0.15, 0.2) is 18.5 Å². The van der Waals surface area contributed by atoms with Crippen LogP contribution in [-0.2, 0) is 20.0 Å². The topological polar surface area (TPSA) is 74.5 Å². The van der Waals surface area contributed by atoms with Crippen molar-refractivity contribution in [2.75, 3.05) is 5.73 Å². The summed E-state index contributed by atoms with van der Waals surface area (Å²) in [6, 6.07) is 1.95. The van der Waals surface area contributed by atoms with Gasteiger partial charge in [0.15, 0.2) is 5.65 Å². The van der Waals surface area contributed by atoms with E-state index in [2.05, 4.69) is 22.0 Å². The number of anilines is 1. The lowest BCUT2D eigenvalue weighted by molar-refractivity contribution is 0.746. The lowest BCUT2D eigenvalue weighted by atomic mass is 10.2. The van der Waals surface area contributed by atoms with Crippen LogP contribution in [0.5, 0.6) is 0 Å². The van der Waals surface area contributed by atoms with Crippen LogP contribution in [0.3, 0.4) is 0 Å². The Morgan fingerprint density at radius 2 is 2.15 bits per heavy atom. The summed E-state index contributed by atoms with van der Waals surface area (Å²) >= 11 is 0. The number of pyridine rings is 1. The predicted octanol–water partition coefficient (Wildman–Crippen LogP) is 1.67. The minimum absolute atomic E-state index is 0.493. The molecule has 0 fully saturated rings. The van der Waals surface area contributed by atoms with Crippen LogP contribution < -0.4 is 5.73 Å². The van der Waals surface area contributed by atoms with E-state index in [1.54, 1.807) is 6.20 Å². The van der Waals surface area contributed by atoms with Crippen LogP contribution in [0.4, 0.5) is 5.95 Å². The molecule has 0 saturated heterocycles. The number of fused-ring (bicyclic) bond motifs is 1. The first-order valence-corrected chi connectivity index (χ1v) is 6.69. The third kappa shape index (κ3) is 1.93. The van der Waals surface area contributed by atoms with Gasteiger partial charge in [-0.05, 0) is 25.0 Å². The van der Waals surface area contributed by atoms with E-state index in [-0.39, 0.29) is 0 Å². The van der Waals surface area contributed by atoms with Gasteiger partial charge in [-0.3, -0.25) is 9.25 Å². The first kappa shape index (κ1) is 12.7. The third-order valence-corrected chi connectivity index (χ3v) is 3.52. The van der Waals surface area contributed by atoms with Crippen LogP contribution >= 0.6 is 0 Å². The average Bonchev–Trinajstić information content (AvgIpc) is 2.93. The molecule has 3 aromatic heterocycles. The second-order valence-corrected chi connectivity index (χ2v) is 4.98. The number of nitrogens with two attached hydrogens (primary N) is 1. The number of rotatable bonds is 3. The molecule has 3 heterocycles. The molecular formula is C14H18N6. The molecule has 6 heteroatoms. The van der Waals surface area contributed by atoms with Crippen LogP contribution in [0.1, 0.15) is 23.7 Å². The Balaban J connectivity index is 2.11. The van der Waals surface area contributed by atoms with Gasteiger partial charge in [-0.1, -0.05) is 6.92 Å². The zero-order valence-corrected chi connectivity index (χ0v) is 12.0. The monoisotopic (exact) mass is 270 g/mol. The molecule has 104 valence electrons. The first-order valence-electron chi connectivity index (χ1n) is 6.69. The number of nitrogens with zero attached hydrogens (tertiary/aromatic N) is 5. The lowest BCUT2D eigenvalue weighted by Gasteiger charge is -2.05. The average molecular weight is 270 g/mol. The van der Waals surface area contributed by atoms with Gasteiger partial charge in [0.05, 0.1) is 12.2 Å². The van der Waals surface area contributed by atoms with Crippen LogP contribution in [-0.4, -0.2) is 24.3 Å². The second-order valence-electron chi connectivity index (χ2n) is 4.98. The SMILES string of the molecule is CCc1nn(C)cc1Cn1c(N)nc2c(C)ccnc21. The Kier molecular flexibility index (Phi) is 2.93. The molecule has 0 atom stereocenters. The highest BCUT2D eigenvalue weighted by Gasteiger charge is 2.14. The summed E-state index contributed by atoms with van der Waals surface area (Å²) in [5.41, 5.74) is 11.1. The van der Waals surface area contributed by atoms with Crippen molar-refractivity contribution in [2.24, 2.45) is 7.05 Å². The molecular weight excluding hydrogens is 252 g/mol. The van der Waals surface area contributed by atoms with Crippen molar-refractivity contribution in [3.63, 3.8) is 0 Å². The maximum atomic E-state index is 6.05. The van der Waals surface area contributed by atoms with Gasteiger partial charge < -0.3 is 5.73 Å². The van der Waals surface area contributed by atoms with Gasteiger partial charge >= 0.3 is 0 Å². The van der Waals surface area contributed by atoms with Crippen molar-refractivity contribution in [1.82, 2.24) is 24.3 Å². The quantitative estimate of drug-likeness (QED) is 0.785. The standard InChI is InChI=1S/C14H18N6/c1-4-11-10(7-19(3)18-11)8-20-13-12(17-14(20)15)9(2)5-6-16-13/h5-7H,4,8H2,1-3H3,(H2,15,17). The van der Waals surface area contributed by atoms with Gasteiger partial charge in [-0.2, -0.15) is 5.10 Å². The highest BCUT2D eigenvalue weighted by molar-refractivity contribution is 5.77. The van der Waals surface area contributed by atoms with Crippen molar-refractivity contribution in [3.8, 4) is 0 Å². The zero-order valence-electron chi connectivity index (χ0n) is 12.0. The zero-order chi connectivity index (χ0) is 14.3. The van der Waals surface area contributed by atoms with Gasteiger partial charge in [0.1, 0.15) is 5.52 Å². The minimum Gasteiger partial charge on any atom is -0.369 e. The van der Waals surface area contributed by atoms with E-state index in [9.17, 15) is 0 Å². The molecule has 0 unspecified atom stereocenters. The van der Waals surface area contributed by atoms with E-state index in [0.717, 1.165) is 34.4 Å². The van der Waals surface area contributed by atoms with Crippen molar-refractivity contribution in [3.05, 3.63) is 35.3 Å². The van der Waals surface area contributed by atoms with Gasteiger partial charge in [0.25, 0.3) is 0 Å². The molecule has 0 amide bonds. The molecule has 3 rings (SSSR count). The summed E-state index contributed by atoms with van der Waals surface area (Å²) in [4.78, 5) is 8.84. The molecule has 0 aliphatic rings. The van der Waals surface area contributed by atoms with Crippen molar-refractivity contribution in [2.45, 2.75) is 26.8 Å². The summed E-state index contributed by atoms with van der Waals surface area (Å²) < 4.78 is 3.78. The third-order valence-electron chi connectivity index (χ3n) is 3.52. The smallest absolute Gasteiger partial charge is 0.202 e. The minimum atomic E-state index is 0.493. The molecule has 0 spiro atoms. The summed E-state index contributed by atoms with van der Waals surface area (Å²) in [5.74, 6) is 0.493. The maximum absolute atomic E-state index is 6.05. The van der Waals surface area contributed by atoms with E-state index in [4.69, 9.17) is 5.73 Å². The van der Waals surface area contributed by atoms with Gasteiger partial charge in [-0.15, -0.1) is 0 Å². The summed E-state index contributed by atoms with van der Waals surface area (Å²) in [6.07, 6.45) is 4.72. The normalized spacial score (nSPS) is 11.3. The highest BCUT2D eigenvalue weighted by atomic mass is 15.3. The number of nitrogen functional groups attached to an aromatic ring is 1. The second kappa shape index (κ2) is 4.63. The van der Waals surface area contributed by atoms with Gasteiger partial charge in [0, 0.05) is 25.0 Å². The number of aryl methyl sites for hydroxylation is 3. The fourth-order valence-electron chi connectivity index (χ4n) is 2.49. The predicted molar refractivity (Wildman–Crippen MR) is 78.4 cm³/mol. The fraction of sp³-hybridized carbons (Fsp3) is 0.357. The molecule has 0 aliphatic heterocycles. The summed E-state index contributed by atoms with van der Waals surface area (Å²) in [7, 11) is 1.93. The molecule has 20 heavy (non-hydrogen) atoms. The highest BCUT2D eigenvalue weighted by Crippen LogP contribution is 2.21. The lowest BCUT2D eigenvalue weighted by Crippen LogP contribution is -2.06. The summed E-state index contributed by atoms with van der Waals surface area (Å²) in [5, 5.41) is 4.46. The molecule has 0 radical (unpaired) electrons. The Bertz CT molecular complexity index is 767. The Morgan fingerprint density at radius 1 is 1.35 bits per heavy atom. The number of aromatic nitrogens is 5. The number of hydrogen-bond acceptors (Lipinski definition) is 4. The maximum Gasteiger partial charge on any atom is 0.202 e. The van der Waals surface area contributed by atoms with Crippen LogP contribution in [0.2, 0.25) is 0 Å². The van der Waals surface area contributed by atoms with Crippen LogP contribution in [0.25, 0.3) is 11.2 Å². The van der Waals surface area contributed by atoms with E-state index < -0.39 is 0 Å². The molecule has 6 nitrogen and oxygen atoms in total. The van der Waals surface area contributed by atoms with Crippen LogP contribution in [0, 0.1) is 6.92 Å². The van der Waals surface area contributed by atoms with Crippen molar-refractivity contribution >= 4 is 17.1 Å². The molecule has 0 aromatic carbocycles. The first-order chi connectivity index (χ1) is 9.60. The molecule has 0 bridgehead atoms. The molecule has 0 aliphatic carbocycles. The van der Waals surface area contributed by atoms with Gasteiger partial charge in [-0.25, -0.2) is 9.97 Å². The van der Waals surface area contributed by atoms with E-state index >= 15 is 0 Å². The van der Waals surface area contributed by atoms with Crippen molar-refractivity contribution < 1.29 is 0 Å². The Hall–Kier alpha value is -2.37. The Morgan fingerprint density at radius 3 is 2.90 bits per heavy atom. The molecule has 0 saturated carbocycles. The number of imidazole rings is 1. The van der Waals surface area contributed by atoms with E-state index in [1.165, 1.54) is 0 Å². The molecule has 3 aromatic rings. The fourth-order valence-corrected chi connectivity index (χ4v) is 2.49.